The maximum atomic E-state index is 10.9. The molecule has 0 radical (unpaired) electrons. The Balaban J connectivity index is 2.23. The summed E-state index contributed by atoms with van der Waals surface area (Å²) < 4.78 is 16.6. The molecule has 1 atom stereocenters. The maximum absolute atomic E-state index is 10.9. The Morgan fingerprint density at radius 2 is 1.65 bits per heavy atom. The van der Waals surface area contributed by atoms with E-state index >= 15 is 0 Å². The molecule has 1 N–H and O–H groups in total. The molecule has 0 heterocycles. The average molecular weight is 248 g/mol. The molecule has 0 aliphatic rings. The van der Waals surface area contributed by atoms with Crippen LogP contribution in [0.5, 0.6) is 11.5 Å². The lowest BCUT2D eigenvalue weighted by atomic mass is 10.2. The van der Waals surface area contributed by atoms with Gasteiger partial charge in [0, 0.05) is 5.56 Å². The van der Waals surface area contributed by atoms with E-state index < -0.39 is 8.03 Å². The van der Waals surface area contributed by atoms with Gasteiger partial charge in [0.1, 0.15) is 11.5 Å². The first-order valence-electron chi connectivity index (χ1n) is 5.28. The SMILES string of the molecule is O=[PH](O)Cc1ccccc1Oc1ccccc1. The van der Waals surface area contributed by atoms with E-state index in [2.05, 4.69) is 0 Å². The highest BCUT2D eigenvalue weighted by molar-refractivity contribution is 7.37. The summed E-state index contributed by atoms with van der Waals surface area (Å²) in [6.45, 7) is 0. The highest BCUT2D eigenvalue weighted by Crippen LogP contribution is 2.31. The predicted molar refractivity (Wildman–Crippen MR) is 67.9 cm³/mol. The normalized spacial score (nSPS) is 12.1. The number of hydrogen-bond donors (Lipinski definition) is 1. The van der Waals surface area contributed by atoms with Crippen molar-refractivity contribution in [1.82, 2.24) is 0 Å². The van der Waals surface area contributed by atoms with Crippen molar-refractivity contribution in [3.63, 3.8) is 0 Å². The molecule has 0 aromatic heterocycles. The lowest BCUT2D eigenvalue weighted by Crippen LogP contribution is -1.89. The first-order valence-corrected chi connectivity index (χ1v) is 6.84. The molecule has 0 aliphatic carbocycles. The Hall–Kier alpha value is -1.57. The van der Waals surface area contributed by atoms with Crippen molar-refractivity contribution in [2.45, 2.75) is 6.16 Å². The summed E-state index contributed by atoms with van der Waals surface area (Å²) in [5, 5.41) is 0. The zero-order chi connectivity index (χ0) is 12.1. The van der Waals surface area contributed by atoms with Crippen molar-refractivity contribution in [3.8, 4) is 11.5 Å². The van der Waals surface area contributed by atoms with E-state index in [1.807, 2.05) is 42.5 Å². The Kier molecular flexibility index (Phi) is 3.97. The molecule has 0 saturated carbocycles. The molecule has 0 spiro atoms. The van der Waals surface area contributed by atoms with Crippen LogP contribution in [-0.2, 0) is 10.7 Å². The van der Waals surface area contributed by atoms with Crippen LogP contribution in [-0.4, -0.2) is 4.89 Å². The molecule has 4 heteroatoms. The zero-order valence-corrected chi connectivity index (χ0v) is 10.2. The van der Waals surface area contributed by atoms with Crippen LogP contribution in [0.25, 0.3) is 0 Å². The lowest BCUT2D eigenvalue weighted by molar-refractivity contribution is 0.474. The fourth-order valence-electron chi connectivity index (χ4n) is 1.53. The Labute approximate surface area is 101 Å². The fourth-order valence-corrected chi connectivity index (χ4v) is 2.15. The first kappa shape index (κ1) is 11.9. The topological polar surface area (TPSA) is 46.5 Å². The van der Waals surface area contributed by atoms with Gasteiger partial charge in [-0.3, -0.25) is 4.57 Å². The van der Waals surface area contributed by atoms with Gasteiger partial charge >= 0.3 is 0 Å². The molecule has 2 rings (SSSR count). The van der Waals surface area contributed by atoms with Gasteiger partial charge in [-0.2, -0.15) is 0 Å². The van der Waals surface area contributed by atoms with Crippen molar-refractivity contribution in [2.24, 2.45) is 0 Å². The number of ether oxygens (including phenoxy) is 1. The first-order chi connectivity index (χ1) is 8.25. The van der Waals surface area contributed by atoms with Gasteiger partial charge in [0.05, 0.1) is 6.16 Å². The minimum Gasteiger partial charge on any atom is -0.457 e. The van der Waals surface area contributed by atoms with Crippen LogP contribution in [0.2, 0.25) is 0 Å². The summed E-state index contributed by atoms with van der Waals surface area (Å²) in [6.07, 6.45) is 0.147. The van der Waals surface area contributed by atoms with E-state index in [1.165, 1.54) is 0 Å². The molecule has 0 saturated heterocycles. The smallest absolute Gasteiger partial charge is 0.193 e. The van der Waals surface area contributed by atoms with Crippen LogP contribution in [0.4, 0.5) is 0 Å². The van der Waals surface area contributed by atoms with Gasteiger partial charge in [-0.15, -0.1) is 0 Å². The molecule has 2 aromatic carbocycles. The van der Waals surface area contributed by atoms with E-state index in [0.717, 1.165) is 11.3 Å². The molecule has 17 heavy (non-hydrogen) atoms. The largest absolute Gasteiger partial charge is 0.457 e. The lowest BCUT2D eigenvalue weighted by Gasteiger charge is -2.09. The maximum Gasteiger partial charge on any atom is 0.193 e. The van der Waals surface area contributed by atoms with Crippen LogP contribution in [0.1, 0.15) is 5.56 Å². The summed E-state index contributed by atoms with van der Waals surface area (Å²) >= 11 is 0. The summed E-state index contributed by atoms with van der Waals surface area (Å²) in [6, 6.07) is 16.6. The van der Waals surface area contributed by atoms with E-state index in [1.54, 1.807) is 12.1 Å². The molecule has 1 unspecified atom stereocenters. The summed E-state index contributed by atoms with van der Waals surface area (Å²) in [5.41, 5.74) is 0.753. The molecule has 0 amide bonds. The second-order valence-corrected chi connectivity index (χ2v) is 4.73. The Morgan fingerprint density at radius 1 is 1.00 bits per heavy atom. The third-order valence-corrected chi connectivity index (χ3v) is 2.97. The monoisotopic (exact) mass is 248 g/mol. The van der Waals surface area contributed by atoms with Crippen molar-refractivity contribution < 1.29 is 14.2 Å². The van der Waals surface area contributed by atoms with Crippen LogP contribution < -0.4 is 4.74 Å². The minimum atomic E-state index is -2.53. The number of para-hydroxylation sites is 2. The van der Waals surface area contributed by atoms with E-state index in [-0.39, 0.29) is 6.16 Å². The van der Waals surface area contributed by atoms with Gasteiger partial charge in [0.25, 0.3) is 0 Å². The van der Waals surface area contributed by atoms with Gasteiger partial charge in [-0.05, 0) is 18.2 Å². The minimum absolute atomic E-state index is 0.147. The van der Waals surface area contributed by atoms with Gasteiger partial charge in [-0.1, -0.05) is 36.4 Å². The summed E-state index contributed by atoms with van der Waals surface area (Å²) in [4.78, 5) is 8.99. The molecule has 0 fully saturated rings. The van der Waals surface area contributed by atoms with Gasteiger partial charge < -0.3 is 9.63 Å². The number of rotatable bonds is 4. The quantitative estimate of drug-likeness (QED) is 0.843. The molecular weight excluding hydrogens is 235 g/mol. The van der Waals surface area contributed by atoms with Gasteiger partial charge in [-0.25, -0.2) is 0 Å². The predicted octanol–water partition coefficient (Wildman–Crippen LogP) is 3.45. The molecule has 88 valence electrons. The standard InChI is InChI=1S/C13H13O3P/c14-17(15)10-11-6-4-5-9-13(11)16-12-7-2-1-3-8-12/h1-9,17H,10H2,(H,14,15). The fraction of sp³-hybridized carbons (Fsp3) is 0.0769. The Morgan fingerprint density at radius 3 is 2.35 bits per heavy atom. The Bertz CT molecular complexity index is 511. The highest BCUT2D eigenvalue weighted by Gasteiger charge is 2.06. The van der Waals surface area contributed by atoms with Crippen molar-refractivity contribution >= 4 is 8.03 Å². The van der Waals surface area contributed by atoms with Crippen molar-refractivity contribution in [1.29, 1.82) is 0 Å². The van der Waals surface area contributed by atoms with E-state index in [9.17, 15) is 4.57 Å². The van der Waals surface area contributed by atoms with Crippen molar-refractivity contribution in [2.75, 3.05) is 0 Å². The average Bonchev–Trinajstić information content (AvgIpc) is 2.32. The zero-order valence-electron chi connectivity index (χ0n) is 9.17. The second kappa shape index (κ2) is 5.67. The van der Waals surface area contributed by atoms with Gasteiger partial charge in [0.15, 0.2) is 8.03 Å². The van der Waals surface area contributed by atoms with E-state index in [4.69, 9.17) is 9.63 Å². The molecule has 3 nitrogen and oxygen atoms in total. The van der Waals surface area contributed by atoms with Gasteiger partial charge in [0.2, 0.25) is 0 Å². The van der Waals surface area contributed by atoms with Crippen LogP contribution in [0, 0.1) is 0 Å². The number of hydrogen-bond acceptors (Lipinski definition) is 2. The van der Waals surface area contributed by atoms with Crippen LogP contribution in [0.3, 0.4) is 0 Å². The van der Waals surface area contributed by atoms with Crippen LogP contribution in [0.15, 0.2) is 54.6 Å². The third kappa shape index (κ3) is 3.45. The molecule has 2 aromatic rings. The summed E-state index contributed by atoms with van der Waals surface area (Å²) in [7, 11) is -2.53. The molecular formula is C13H13O3P. The highest BCUT2D eigenvalue weighted by atomic mass is 31.1. The summed E-state index contributed by atoms with van der Waals surface area (Å²) in [5.74, 6) is 1.35. The number of benzene rings is 2. The second-order valence-electron chi connectivity index (χ2n) is 3.59. The van der Waals surface area contributed by atoms with E-state index in [0.29, 0.717) is 5.75 Å². The third-order valence-electron chi connectivity index (χ3n) is 2.29. The van der Waals surface area contributed by atoms with Crippen LogP contribution >= 0.6 is 8.03 Å². The van der Waals surface area contributed by atoms with Crippen molar-refractivity contribution in [3.05, 3.63) is 60.2 Å². The molecule has 0 aliphatic heterocycles. The molecule has 0 bridgehead atoms.